The van der Waals surface area contributed by atoms with E-state index in [1.54, 1.807) is 24.3 Å². The summed E-state index contributed by atoms with van der Waals surface area (Å²) < 4.78 is 32.1. The van der Waals surface area contributed by atoms with E-state index in [1.165, 1.54) is 0 Å². The topological polar surface area (TPSA) is 75.6 Å². The zero-order valence-electron chi connectivity index (χ0n) is 14.5. The van der Waals surface area contributed by atoms with Crippen LogP contribution in [0.2, 0.25) is 0 Å². The first-order valence-electron chi connectivity index (χ1n) is 8.60. The Balaban J connectivity index is 1.44. The third kappa shape index (κ3) is 5.03. The van der Waals surface area contributed by atoms with Crippen LogP contribution in [0.4, 0.5) is 8.78 Å². The quantitative estimate of drug-likeness (QED) is 0.744. The molecule has 142 valence electrons. The monoisotopic (exact) mass is 375 g/mol. The number of benzene rings is 2. The van der Waals surface area contributed by atoms with Gasteiger partial charge in [-0.25, -0.2) is 13.6 Å². The van der Waals surface area contributed by atoms with Gasteiger partial charge < -0.3 is 15.2 Å². The van der Waals surface area contributed by atoms with Gasteiger partial charge in [0.1, 0.15) is 17.4 Å². The van der Waals surface area contributed by atoms with Crippen molar-refractivity contribution in [2.75, 3.05) is 13.2 Å². The van der Waals surface area contributed by atoms with Gasteiger partial charge in [-0.05, 0) is 60.2 Å². The maximum atomic E-state index is 13.8. The summed E-state index contributed by atoms with van der Waals surface area (Å²) in [5, 5.41) is 11.4. The van der Waals surface area contributed by atoms with E-state index in [0.29, 0.717) is 25.1 Å². The minimum absolute atomic E-state index is 0.162. The van der Waals surface area contributed by atoms with Crippen molar-refractivity contribution in [1.29, 1.82) is 0 Å². The van der Waals surface area contributed by atoms with E-state index in [2.05, 4.69) is 5.32 Å². The first kappa shape index (κ1) is 18.8. The van der Waals surface area contributed by atoms with Crippen LogP contribution in [-0.2, 0) is 16.0 Å². The first-order chi connectivity index (χ1) is 12.9. The summed E-state index contributed by atoms with van der Waals surface area (Å²) in [6.45, 7) is 0.0207. The van der Waals surface area contributed by atoms with Crippen molar-refractivity contribution in [2.45, 2.75) is 18.8 Å². The Morgan fingerprint density at radius 2 is 1.89 bits per heavy atom. The number of hydrogen-bond donors (Lipinski definition) is 2. The van der Waals surface area contributed by atoms with Crippen LogP contribution in [0.3, 0.4) is 0 Å². The molecule has 1 aliphatic carbocycles. The fraction of sp³-hybridized carbons (Fsp3) is 0.300. The Morgan fingerprint density at radius 1 is 1.15 bits per heavy atom. The molecule has 2 aromatic carbocycles. The van der Waals surface area contributed by atoms with E-state index < -0.39 is 24.2 Å². The molecule has 0 aliphatic heterocycles. The molecule has 0 bridgehead atoms. The summed E-state index contributed by atoms with van der Waals surface area (Å²) >= 11 is 0. The summed E-state index contributed by atoms with van der Waals surface area (Å²) in [6, 6.07) is 10.2. The number of hydrogen-bond acceptors (Lipinski definition) is 3. The molecule has 1 saturated carbocycles. The van der Waals surface area contributed by atoms with Crippen molar-refractivity contribution < 1.29 is 28.2 Å². The van der Waals surface area contributed by atoms with Gasteiger partial charge in [0.2, 0.25) is 5.91 Å². The Hall–Kier alpha value is -2.96. The molecular formula is C20H19F2NO4. The Morgan fingerprint density at radius 3 is 2.59 bits per heavy atom. The minimum Gasteiger partial charge on any atom is -0.482 e. The number of carboxylic acid groups (broad SMARTS) is 1. The van der Waals surface area contributed by atoms with Gasteiger partial charge in [0, 0.05) is 12.5 Å². The normalized spacial score (nSPS) is 18.0. The predicted octanol–water partition coefficient (Wildman–Crippen LogP) is 2.89. The summed E-state index contributed by atoms with van der Waals surface area (Å²) in [5.74, 6) is -2.33. The number of carbonyl (C=O) groups excluding carboxylic acids is 1. The fourth-order valence-corrected chi connectivity index (χ4v) is 2.99. The lowest BCUT2D eigenvalue weighted by atomic mass is 10.1. The molecule has 1 fully saturated rings. The number of ether oxygens (including phenoxy) is 1. The lowest BCUT2D eigenvalue weighted by Crippen LogP contribution is -2.27. The highest BCUT2D eigenvalue weighted by Crippen LogP contribution is 2.48. The molecule has 5 nitrogen and oxygen atoms in total. The molecule has 0 radical (unpaired) electrons. The molecule has 3 rings (SSSR count). The maximum Gasteiger partial charge on any atom is 0.341 e. The van der Waals surface area contributed by atoms with Gasteiger partial charge >= 0.3 is 5.97 Å². The van der Waals surface area contributed by atoms with Crippen molar-refractivity contribution in [1.82, 2.24) is 5.32 Å². The van der Waals surface area contributed by atoms with Gasteiger partial charge in [-0.2, -0.15) is 0 Å². The van der Waals surface area contributed by atoms with E-state index >= 15 is 0 Å². The summed E-state index contributed by atoms with van der Waals surface area (Å²) in [6.07, 6.45) is 1.11. The standard InChI is InChI=1S/C20H19F2NO4/c21-13-3-6-18(22)16(9-13)15-10-17(15)20(26)23-8-7-12-1-4-14(5-2-12)27-11-19(24)25/h1-6,9,15,17H,7-8,10-11H2,(H,23,26)(H,24,25). The minimum atomic E-state index is -1.04. The molecule has 0 spiro atoms. The third-order valence-corrected chi connectivity index (χ3v) is 4.48. The summed E-state index contributed by atoms with van der Waals surface area (Å²) in [7, 11) is 0. The predicted molar refractivity (Wildman–Crippen MR) is 93.5 cm³/mol. The lowest BCUT2D eigenvalue weighted by Gasteiger charge is -2.07. The first-order valence-corrected chi connectivity index (χ1v) is 8.60. The number of carbonyl (C=O) groups is 2. The average Bonchev–Trinajstić information content (AvgIpc) is 3.43. The number of aliphatic carboxylic acids is 1. The van der Waals surface area contributed by atoms with E-state index in [1.807, 2.05) is 0 Å². The van der Waals surface area contributed by atoms with Crippen LogP contribution in [0.1, 0.15) is 23.5 Å². The van der Waals surface area contributed by atoms with Gasteiger partial charge in [-0.3, -0.25) is 4.79 Å². The molecule has 27 heavy (non-hydrogen) atoms. The molecule has 2 N–H and O–H groups in total. The largest absolute Gasteiger partial charge is 0.482 e. The highest BCUT2D eigenvalue weighted by atomic mass is 19.1. The second-order valence-electron chi connectivity index (χ2n) is 6.48. The number of rotatable bonds is 8. The molecule has 1 aliphatic rings. The van der Waals surface area contributed by atoms with E-state index in [4.69, 9.17) is 9.84 Å². The van der Waals surface area contributed by atoms with Crippen LogP contribution >= 0.6 is 0 Å². The molecular weight excluding hydrogens is 356 g/mol. The van der Waals surface area contributed by atoms with Crippen molar-refractivity contribution >= 4 is 11.9 Å². The molecule has 2 unspecified atom stereocenters. The van der Waals surface area contributed by atoms with Gasteiger partial charge in [-0.15, -0.1) is 0 Å². The molecule has 0 heterocycles. The lowest BCUT2D eigenvalue weighted by molar-refractivity contribution is -0.139. The fourth-order valence-electron chi connectivity index (χ4n) is 2.99. The van der Waals surface area contributed by atoms with Crippen LogP contribution in [0.25, 0.3) is 0 Å². The molecule has 1 amide bonds. The van der Waals surface area contributed by atoms with Crippen LogP contribution < -0.4 is 10.1 Å². The molecule has 2 aromatic rings. The average molecular weight is 375 g/mol. The second-order valence-corrected chi connectivity index (χ2v) is 6.48. The zero-order valence-corrected chi connectivity index (χ0v) is 14.5. The molecule has 0 saturated heterocycles. The Labute approximate surface area is 155 Å². The number of carboxylic acids is 1. The number of amides is 1. The third-order valence-electron chi connectivity index (χ3n) is 4.48. The van der Waals surface area contributed by atoms with Crippen LogP contribution in [0, 0.1) is 17.6 Å². The second kappa shape index (κ2) is 8.16. The zero-order chi connectivity index (χ0) is 19.4. The van der Waals surface area contributed by atoms with Crippen LogP contribution in [0.15, 0.2) is 42.5 Å². The summed E-state index contributed by atoms with van der Waals surface area (Å²) in [5.41, 5.74) is 1.22. The highest BCUT2D eigenvalue weighted by molar-refractivity contribution is 5.82. The number of halogens is 2. The van der Waals surface area contributed by atoms with Gasteiger partial charge in [0.05, 0.1) is 0 Å². The molecule has 0 aromatic heterocycles. The van der Waals surface area contributed by atoms with Crippen molar-refractivity contribution in [3.05, 3.63) is 65.2 Å². The highest BCUT2D eigenvalue weighted by Gasteiger charge is 2.45. The van der Waals surface area contributed by atoms with Gasteiger partial charge in [0.15, 0.2) is 6.61 Å². The van der Waals surface area contributed by atoms with E-state index in [0.717, 1.165) is 23.8 Å². The van der Waals surface area contributed by atoms with Gasteiger partial charge in [-0.1, -0.05) is 12.1 Å². The van der Waals surface area contributed by atoms with E-state index in [-0.39, 0.29) is 23.3 Å². The van der Waals surface area contributed by atoms with Crippen LogP contribution in [-0.4, -0.2) is 30.1 Å². The number of nitrogens with one attached hydrogen (secondary N) is 1. The molecule has 7 heteroatoms. The van der Waals surface area contributed by atoms with E-state index in [9.17, 15) is 18.4 Å². The SMILES string of the molecule is O=C(O)COc1ccc(CCNC(=O)C2CC2c2cc(F)ccc2F)cc1. The Kier molecular flexibility index (Phi) is 5.69. The van der Waals surface area contributed by atoms with Gasteiger partial charge in [0.25, 0.3) is 0 Å². The van der Waals surface area contributed by atoms with Crippen molar-refractivity contribution in [3.8, 4) is 5.75 Å². The van der Waals surface area contributed by atoms with Crippen molar-refractivity contribution in [3.63, 3.8) is 0 Å². The Bertz CT molecular complexity index is 838. The van der Waals surface area contributed by atoms with Crippen LogP contribution in [0.5, 0.6) is 5.75 Å². The summed E-state index contributed by atoms with van der Waals surface area (Å²) in [4.78, 5) is 22.6. The van der Waals surface area contributed by atoms with Crippen molar-refractivity contribution in [2.24, 2.45) is 5.92 Å². The maximum absolute atomic E-state index is 13.8. The smallest absolute Gasteiger partial charge is 0.341 e. The molecule has 2 atom stereocenters.